The first-order valence-electron chi connectivity index (χ1n) is 9.49. The van der Waals surface area contributed by atoms with Gasteiger partial charge < -0.3 is 15.4 Å². The Balaban J connectivity index is 1.54. The van der Waals surface area contributed by atoms with Gasteiger partial charge >= 0.3 is 6.03 Å². The second-order valence-corrected chi connectivity index (χ2v) is 7.58. The van der Waals surface area contributed by atoms with E-state index in [9.17, 15) is 4.79 Å². The molecule has 1 saturated carbocycles. The molecule has 2 aliphatic rings. The van der Waals surface area contributed by atoms with Crippen LogP contribution in [0, 0.1) is 11.8 Å². The molecule has 1 atom stereocenters. The van der Waals surface area contributed by atoms with Crippen LogP contribution in [0.25, 0.3) is 0 Å². The topological polar surface area (TPSA) is 53.6 Å². The largest absolute Gasteiger partial charge is 0.374 e. The van der Waals surface area contributed by atoms with Crippen LogP contribution in [0.1, 0.15) is 52.4 Å². The quantitative estimate of drug-likeness (QED) is 0.756. The SMILES string of the molecule is CC(C)CN1CCO[C@@H](CNC(=O)NCCC2CCCCC2)C1. The zero-order chi connectivity index (χ0) is 16.5. The Morgan fingerprint density at radius 3 is 2.74 bits per heavy atom. The summed E-state index contributed by atoms with van der Waals surface area (Å²) in [6.07, 6.45) is 8.03. The number of carbonyl (C=O) groups excluding carboxylic acids is 1. The molecule has 1 heterocycles. The lowest BCUT2D eigenvalue weighted by atomic mass is 9.87. The molecular weight excluding hydrogens is 290 g/mol. The fourth-order valence-corrected chi connectivity index (χ4v) is 3.72. The van der Waals surface area contributed by atoms with Gasteiger partial charge in [-0.15, -0.1) is 0 Å². The van der Waals surface area contributed by atoms with Crippen LogP contribution in [0.5, 0.6) is 0 Å². The van der Waals surface area contributed by atoms with E-state index in [0.717, 1.165) is 45.1 Å². The lowest BCUT2D eigenvalue weighted by Crippen LogP contribution is -2.49. The number of hydrogen-bond acceptors (Lipinski definition) is 3. The van der Waals surface area contributed by atoms with Crippen molar-refractivity contribution in [2.75, 3.05) is 39.3 Å². The van der Waals surface area contributed by atoms with E-state index in [4.69, 9.17) is 4.74 Å². The maximum atomic E-state index is 11.9. The van der Waals surface area contributed by atoms with Crippen LogP contribution in [0.15, 0.2) is 0 Å². The van der Waals surface area contributed by atoms with Gasteiger partial charge in [-0.05, 0) is 18.3 Å². The highest BCUT2D eigenvalue weighted by atomic mass is 16.5. The van der Waals surface area contributed by atoms with Gasteiger partial charge in [0, 0.05) is 32.7 Å². The molecule has 2 rings (SSSR count). The summed E-state index contributed by atoms with van der Waals surface area (Å²) < 4.78 is 5.76. The first-order valence-corrected chi connectivity index (χ1v) is 9.49. The van der Waals surface area contributed by atoms with Crippen molar-refractivity contribution in [3.05, 3.63) is 0 Å². The Bertz CT molecular complexity index is 343. The zero-order valence-electron chi connectivity index (χ0n) is 15.0. The van der Waals surface area contributed by atoms with Crippen molar-refractivity contribution in [2.45, 2.75) is 58.5 Å². The number of nitrogens with one attached hydrogen (secondary N) is 2. The maximum absolute atomic E-state index is 11.9. The summed E-state index contributed by atoms with van der Waals surface area (Å²) in [5, 5.41) is 5.96. The second-order valence-electron chi connectivity index (χ2n) is 7.58. The number of carbonyl (C=O) groups is 1. The molecule has 2 N–H and O–H groups in total. The third kappa shape index (κ3) is 7.53. The Kier molecular flexibility index (Phi) is 8.17. The number of rotatable bonds is 7. The molecule has 2 amide bonds. The van der Waals surface area contributed by atoms with Crippen LogP contribution in [0.3, 0.4) is 0 Å². The van der Waals surface area contributed by atoms with E-state index in [1.54, 1.807) is 0 Å². The average Bonchev–Trinajstić information content (AvgIpc) is 2.54. The highest BCUT2D eigenvalue weighted by Crippen LogP contribution is 2.25. The molecule has 5 nitrogen and oxygen atoms in total. The van der Waals surface area contributed by atoms with E-state index in [2.05, 4.69) is 29.4 Å². The highest BCUT2D eigenvalue weighted by molar-refractivity contribution is 5.73. The number of ether oxygens (including phenoxy) is 1. The van der Waals surface area contributed by atoms with Crippen molar-refractivity contribution in [3.8, 4) is 0 Å². The molecule has 134 valence electrons. The van der Waals surface area contributed by atoms with Crippen LogP contribution in [0.2, 0.25) is 0 Å². The minimum absolute atomic E-state index is 0.0506. The Labute approximate surface area is 141 Å². The van der Waals surface area contributed by atoms with Gasteiger partial charge in [0.05, 0.1) is 12.7 Å². The lowest BCUT2D eigenvalue weighted by Gasteiger charge is -2.33. The fourth-order valence-electron chi connectivity index (χ4n) is 3.72. The third-order valence-corrected chi connectivity index (χ3v) is 4.90. The van der Waals surface area contributed by atoms with Crippen LogP contribution >= 0.6 is 0 Å². The molecule has 0 bridgehead atoms. The molecule has 0 aromatic carbocycles. The van der Waals surface area contributed by atoms with Crippen LogP contribution in [0.4, 0.5) is 4.79 Å². The minimum Gasteiger partial charge on any atom is -0.374 e. The van der Waals surface area contributed by atoms with Crippen molar-refractivity contribution >= 4 is 6.03 Å². The minimum atomic E-state index is -0.0506. The van der Waals surface area contributed by atoms with E-state index in [1.807, 2.05) is 0 Å². The van der Waals surface area contributed by atoms with Crippen molar-refractivity contribution in [1.29, 1.82) is 0 Å². The smallest absolute Gasteiger partial charge is 0.314 e. The first kappa shape index (κ1) is 18.5. The van der Waals surface area contributed by atoms with Gasteiger partial charge in [0.1, 0.15) is 0 Å². The second kappa shape index (κ2) is 10.1. The van der Waals surface area contributed by atoms with Gasteiger partial charge in [-0.2, -0.15) is 0 Å². The fraction of sp³-hybridized carbons (Fsp3) is 0.944. The molecule has 0 radical (unpaired) electrons. The Hall–Kier alpha value is -0.810. The van der Waals surface area contributed by atoms with Gasteiger partial charge in [0.25, 0.3) is 0 Å². The van der Waals surface area contributed by atoms with E-state index in [-0.39, 0.29) is 12.1 Å². The Morgan fingerprint density at radius 1 is 1.22 bits per heavy atom. The molecule has 0 aromatic heterocycles. The van der Waals surface area contributed by atoms with Gasteiger partial charge in [-0.3, -0.25) is 4.90 Å². The molecule has 1 saturated heterocycles. The third-order valence-electron chi connectivity index (χ3n) is 4.90. The average molecular weight is 325 g/mol. The summed E-state index contributed by atoms with van der Waals surface area (Å²) in [7, 11) is 0. The molecule has 2 fully saturated rings. The Morgan fingerprint density at radius 2 is 2.00 bits per heavy atom. The van der Waals surface area contributed by atoms with Crippen molar-refractivity contribution < 1.29 is 9.53 Å². The molecule has 0 unspecified atom stereocenters. The van der Waals surface area contributed by atoms with Crippen molar-refractivity contribution in [3.63, 3.8) is 0 Å². The standard InChI is InChI=1S/C18H35N3O2/c1-15(2)13-21-10-11-23-17(14-21)12-20-18(22)19-9-8-16-6-4-3-5-7-16/h15-17H,3-14H2,1-2H3,(H2,19,20,22)/t17-/m0/s1. The summed E-state index contributed by atoms with van der Waals surface area (Å²) in [5.41, 5.74) is 0. The predicted octanol–water partition coefficient (Wildman–Crippen LogP) is 2.61. The van der Waals surface area contributed by atoms with Gasteiger partial charge in [0.15, 0.2) is 0 Å². The monoisotopic (exact) mass is 325 g/mol. The van der Waals surface area contributed by atoms with Gasteiger partial charge in [0.2, 0.25) is 0 Å². The number of nitrogens with zero attached hydrogens (tertiary/aromatic N) is 1. The molecule has 1 aliphatic carbocycles. The highest BCUT2D eigenvalue weighted by Gasteiger charge is 2.21. The summed E-state index contributed by atoms with van der Waals surface area (Å²) in [6.45, 7) is 9.66. The molecule has 23 heavy (non-hydrogen) atoms. The van der Waals surface area contributed by atoms with Crippen molar-refractivity contribution in [1.82, 2.24) is 15.5 Å². The molecule has 0 spiro atoms. The van der Waals surface area contributed by atoms with E-state index in [0.29, 0.717) is 12.5 Å². The molecule has 0 aromatic rings. The molecule has 1 aliphatic heterocycles. The van der Waals surface area contributed by atoms with Crippen molar-refractivity contribution in [2.24, 2.45) is 11.8 Å². The number of hydrogen-bond donors (Lipinski definition) is 2. The van der Waals surface area contributed by atoms with Crippen LogP contribution in [-0.2, 0) is 4.74 Å². The number of morpholine rings is 1. The van der Waals surface area contributed by atoms with Gasteiger partial charge in [-0.1, -0.05) is 46.0 Å². The van der Waals surface area contributed by atoms with E-state index < -0.39 is 0 Å². The van der Waals surface area contributed by atoms with Crippen LogP contribution in [-0.4, -0.2) is 56.4 Å². The van der Waals surface area contributed by atoms with Gasteiger partial charge in [-0.25, -0.2) is 4.79 Å². The first-order chi connectivity index (χ1) is 11.1. The van der Waals surface area contributed by atoms with E-state index >= 15 is 0 Å². The zero-order valence-corrected chi connectivity index (χ0v) is 15.0. The molecular formula is C18H35N3O2. The summed E-state index contributed by atoms with van der Waals surface area (Å²) >= 11 is 0. The van der Waals surface area contributed by atoms with Crippen LogP contribution < -0.4 is 10.6 Å². The lowest BCUT2D eigenvalue weighted by molar-refractivity contribution is -0.0290. The normalized spacial score (nSPS) is 23.9. The summed E-state index contributed by atoms with van der Waals surface area (Å²) in [4.78, 5) is 14.3. The summed E-state index contributed by atoms with van der Waals surface area (Å²) in [6, 6.07) is -0.0506. The maximum Gasteiger partial charge on any atom is 0.314 e. The number of amides is 2. The molecule has 5 heteroatoms. The predicted molar refractivity (Wildman–Crippen MR) is 93.6 cm³/mol. The number of urea groups is 1. The summed E-state index contributed by atoms with van der Waals surface area (Å²) in [5.74, 6) is 1.49. The van der Waals surface area contributed by atoms with E-state index in [1.165, 1.54) is 32.1 Å².